The molecule has 0 aliphatic heterocycles. The highest BCUT2D eigenvalue weighted by molar-refractivity contribution is 7.84. The van der Waals surface area contributed by atoms with Gasteiger partial charge in [-0.05, 0) is 18.6 Å². The molecule has 3 N–H and O–H groups in total. The second-order valence-electron chi connectivity index (χ2n) is 3.56. The van der Waals surface area contributed by atoms with Crippen molar-refractivity contribution in [2.24, 2.45) is 5.73 Å². The lowest BCUT2D eigenvalue weighted by Crippen LogP contribution is -2.24. The Balaban J connectivity index is 2.42. The molecule has 0 spiro atoms. The molecule has 0 bridgehead atoms. The first-order chi connectivity index (χ1) is 8.63. The van der Waals surface area contributed by atoms with Crippen LogP contribution in [0.15, 0.2) is 12.1 Å². The largest absolute Gasteiger partial charge is 0.351 e. The van der Waals surface area contributed by atoms with Gasteiger partial charge in [0.05, 0.1) is 16.3 Å². The van der Waals surface area contributed by atoms with Gasteiger partial charge in [-0.25, -0.2) is 0 Å². The van der Waals surface area contributed by atoms with E-state index in [1.807, 2.05) is 6.07 Å². The molecule has 98 valence electrons. The Kier molecular flexibility index (Phi) is 6.65. The first kappa shape index (κ1) is 14.9. The minimum absolute atomic E-state index is 0.109. The normalized spacial score (nSPS) is 11.4. The summed E-state index contributed by atoms with van der Waals surface area (Å²) in [6.07, 6.45) is 2.38. The van der Waals surface area contributed by atoms with Crippen molar-refractivity contribution in [2.75, 3.05) is 25.1 Å². The maximum atomic E-state index is 11.7. The summed E-state index contributed by atoms with van der Waals surface area (Å²) in [4.78, 5) is 13.2. The molecule has 1 amide bonds. The van der Waals surface area contributed by atoms with E-state index in [2.05, 4.69) is 17.2 Å². The maximum Gasteiger partial charge on any atom is 0.261 e. The summed E-state index contributed by atoms with van der Waals surface area (Å²) in [6.45, 7) is 0.855. The van der Waals surface area contributed by atoms with Gasteiger partial charge in [-0.2, -0.15) is 0 Å². The number of hydrogen-bond donors (Lipinski definition) is 2. The predicted octanol–water partition coefficient (Wildman–Crippen LogP) is 0.557. The summed E-state index contributed by atoms with van der Waals surface area (Å²) in [5.41, 5.74) is 5.28. The van der Waals surface area contributed by atoms with E-state index in [0.29, 0.717) is 23.7 Å². The summed E-state index contributed by atoms with van der Waals surface area (Å²) in [5, 5.41) is 2.79. The molecule has 1 aromatic rings. The van der Waals surface area contributed by atoms with Crippen LogP contribution in [0.3, 0.4) is 0 Å². The average Bonchev–Trinajstić information content (AvgIpc) is 2.80. The zero-order valence-corrected chi connectivity index (χ0v) is 11.8. The lowest BCUT2D eigenvalue weighted by molar-refractivity contribution is 0.0958. The van der Waals surface area contributed by atoms with Crippen LogP contribution in [0.2, 0.25) is 0 Å². The molecular weight excluding hydrogens is 268 g/mol. The number of hydrogen-bond acceptors (Lipinski definition) is 4. The first-order valence-electron chi connectivity index (χ1n) is 5.50. The van der Waals surface area contributed by atoms with Crippen molar-refractivity contribution in [1.82, 2.24) is 5.32 Å². The molecule has 0 saturated heterocycles. The van der Waals surface area contributed by atoms with Gasteiger partial charge in [0.15, 0.2) is 0 Å². The molecule has 0 aliphatic carbocycles. The lowest BCUT2D eigenvalue weighted by Gasteiger charge is -2.01. The quantitative estimate of drug-likeness (QED) is 0.613. The van der Waals surface area contributed by atoms with E-state index < -0.39 is 10.8 Å². The number of carbonyl (C=O) groups excluding carboxylic acids is 1. The Labute approximate surface area is 113 Å². The van der Waals surface area contributed by atoms with Crippen LogP contribution >= 0.6 is 11.3 Å². The second-order valence-corrected chi connectivity index (χ2v) is 6.19. The van der Waals surface area contributed by atoms with E-state index >= 15 is 0 Å². The fourth-order valence-electron chi connectivity index (χ4n) is 1.23. The Hall–Kier alpha value is -1.16. The van der Waals surface area contributed by atoms with Crippen LogP contribution in [0.5, 0.6) is 0 Å². The van der Waals surface area contributed by atoms with Crippen LogP contribution in [-0.2, 0) is 10.8 Å². The Morgan fingerprint density at radius 1 is 1.56 bits per heavy atom. The maximum absolute atomic E-state index is 11.7. The third kappa shape index (κ3) is 5.45. The summed E-state index contributed by atoms with van der Waals surface area (Å²) in [7, 11) is -0.803. The molecule has 1 unspecified atom stereocenters. The Morgan fingerprint density at radius 3 is 3.00 bits per heavy atom. The highest BCUT2D eigenvalue weighted by Gasteiger charge is 2.07. The van der Waals surface area contributed by atoms with Crippen LogP contribution in [0.1, 0.15) is 21.0 Å². The van der Waals surface area contributed by atoms with Crippen molar-refractivity contribution >= 4 is 28.0 Å². The van der Waals surface area contributed by atoms with Gasteiger partial charge in [0, 0.05) is 29.4 Å². The monoisotopic (exact) mass is 284 g/mol. The van der Waals surface area contributed by atoms with Crippen LogP contribution in [0.25, 0.3) is 0 Å². The number of nitrogens with two attached hydrogens (primary N) is 1. The summed E-state index contributed by atoms with van der Waals surface area (Å²) in [5.74, 6) is 6.13. The van der Waals surface area contributed by atoms with Gasteiger partial charge in [0.2, 0.25) is 0 Å². The number of thiophene rings is 1. The SMILES string of the molecule is CS(=O)CCCNC(=O)c1ccc(C#CCN)s1. The zero-order chi connectivity index (χ0) is 13.4. The van der Waals surface area contributed by atoms with Gasteiger partial charge in [-0.1, -0.05) is 11.8 Å². The molecule has 1 atom stereocenters. The Bertz CT molecular complexity index is 486. The van der Waals surface area contributed by atoms with Gasteiger partial charge in [-0.15, -0.1) is 11.3 Å². The van der Waals surface area contributed by atoms with Crippen molar-refractivity contribution in [3.05, 3.63) is 21.9 Å². The van der Waals surface area contributed by atoms with Crippen molar-refractivity contribution in [3.63, 3.8) is 0 Å². The zero-order valence-electron chi connectivity index (χ0n) is 10.2. The van der Waals surface area contributed by atoms with E-state index in [1.54, 1.807) is 12.3 Å². The summed E-state index contributed by atoms with van der Waals surface area (Å²) in [6, 6.07) is 3.56. The predicted molar refractivity (Wildman–Crippen MR) is 76.1 cm³/mol. The highest BCUT2D eigenvalue weighted by atomic mass is 32.2. The average molecular weight is 284 g/mol. The van der Waals surface area contributed by atoms with Gasteiger partial charge in [0.1, 0.15) is 0 Å². The second kappa shape index (κ2) is 8.03. The topological polar surface area (TPSA) is 72.2 Å². The minimum atomic E-state index is -0.803. The number of rotatable bonds is 5. The molecule has 0 aliphatic rings. The third-order valence-electron chi connectivity index (χ3n) is 2.04. The standard InChI is InChI=1S/C12H16N2O2S2/c1-18(16)9-3-8-14-12(15)11-6-5-10(17-11)4-2-7-13/h5-6H,3,7-9,13H2,1H3,(H,14,15). The molecular formula is C12H16N2O2S2. The highest BCUT2D eigenvalue weighted by Crippen LogP contribution is 2.14. The number of amides is 1. The molecule has 6 heteroatoms. The molecule has 1 heterocycles. The molecule has 18 heavy (non-hydrogen) atoms. The fraction of sp³-hybridized carbons (Fsp3) is 0.417. The first-order valence-corrected chi connectivity index (χ1v) is 8.05. The fourth-order valence-corrected chi connectivity index (χ4v) is 2.58. The molecule has 0 saturated carbocycles. The smallest absolute Gasteiger partial charge is 0.261 e. The molecule has 1 rings (SSSR count). The number of nitrogens with one attached hydrogen (secondary N) is 1. The summed E-state index contributed by atoms with van der Waals surface area (Å²) < 4.78 is 10.8. The molecule has 0 radical (unpaired) electrons. The molecule has 1 aromatic heterocycles. The molecule has 0 aromatic carbocycles. The van der Waals surface area contributed by atoms with Gasteiger partial charge in [0.25, 0.3) is 5.91 Å². The van der Waals surface area contributed by atoms with E-state index in [0.717, 1.165) is 11.3 Å². The lowest BCUT2D eigenvalue weighted by atomic mass is 10.4. The van der Waals surface area contributed by atoms with Gasteiger partial charge < -0.3 is 11.1 Å². The van der Waals surface area contributed by atoms with Crippen LogP contribution in [-0.4, -0.2) is 35.2 Å². The van der Waals surface area contributed by atoms with Crippen LogP contribution in [0, 0.1) is 11.8 Å². The minimum Gasteiger partial charge on any atom is -0.351 e. The number of carbonyl (C=O) groups is 1. The van der Waals surface area contributed by atoms with Crippen molar-refractivity contribution in [3.8, 4) is 11.8 Å². The van der Waals surface area contributed by atoms with E-state index in [4.69, 9.17) is 5.73 Å². The van der Waals surface area contributed by atoms with Crippen LogP contribution < -0.4 is 11.1 Å². The van der Waals surface area contributed by atoms with Crippen molar-refractivity contribution < 1.29 is 9.00 Å². The Morgan fingerprint density at radius 2 is 2.33 bits per heavy atom. The van der Waals surface area contributed by atoms with E-state index in [9.17, 15) is 9.00 Å². The van der Waals surface area contributed by atoms with Crippen molar-refractivity contribution in [2.45, 2.75) is 6.42 Å². The van der Waals surface area contributed by atoms with Crippen LogP contribution in [0.4, 0.5) is 0 Å². The van der Waals surface area contributed by atoms with Gasteiger partial charge >= 0.3 is 0 Å². The molecule has 4 nitrogen and oxygen atoms in total. The van der Waals surface area contributed by atoms with E-state index in [1.165, 1.54) is 11.3 Å². The van der Waals surface area contributed by atoms with Gasteiger partial charge in [-0.3, -0.25) is 9.00 Å². The summed E-state index contributed by atoms with van der Waals surface area (Å²) >= 11 is 1.34. The van der Waals surface area contributed by atoms with Crippen molar-refractivity contribution in [1.29, 1.82) is 0 Å². The third-order valence-corrected chi connectivity index (χ3v) is 3.90. The molecule has 0 fully saturated rings. The van der Waals surface area contributed by atoms with E-state index in [-0.39, 0.29) is 5.91 Å².